The van der Waals surface area contributed by atoms with E-state index in [1.165, 1.54) is 0 Å². The fourth-order valence-corrected chi connectivity index (χ4v) is 3.74. The normalized spacial score (nSPS) is 24.4. The van der Waals surface area contributed by atoms with Crippen LogP contribution in [0.25, 0.3) is 0 Å². The summed E-state index contributed by atoms with van der Waals surface area (Å²) in [7, 11) is 0. The van der Waals surface area contributed by atoms with E-state index in [1.54, 1.807) is 0 Å². The van der Waals surface area contributed by atoms with Crippen molar-refractivity contribution in [3.63, 3.8) is 0 Å². The summed E-state index contributed by atoms with van der Waals surface area (Å²) in [5.74, 6) is 0.333. The Morgan fingerprint density at radius 2 is 2.26 bits per heavy atom. The van der Waals surface area contributed by atoms with Crippen molar-refractivity contribution in [3.05, 3.63) is 34.9 Å². The zero-order valence-corrected chi connectivity index (χ0v) is 13.8. The van der Waals surface area contributed by atoms with Crippen molar-refractivity contribution in [1.29, 1.82) is 0 Å². The fraction of sp³-hybridized carbons (Fsp3) is 0.529. The molecule has 1 aromatic carbocycles. The highest BCUT2D eigenvalue weighted by molar-refractivity contribution is 6.30. The minimum Gasteiger partial charge on any atom is -0.356 e. The van der Waals surface area contributed by atoms with Gasteiger partial charge in [0.15, 0.2) is 0 Å². The molecule has 0 spiro atoms. The van der Waals surface area contributed by atoms with E-state index in [2.05, 4.69) is 10.6 Å². The van der Waals surface area contributed by atoms with Crippen LogP contribution in [0.15, 0.2) is 24.3 Å². The molecule has 5 nitrogen and oxygen atoms in total. The third kappa shape index (κ3) is 3.96. The molecule has 0 bridgehead atoms. The summed E-state index contributed by atoms with van der Waals surface area (Å²) in [6.07, 6.45) is 3.65. The Morgan fingerprint density at radius 3 is 3.00 bits per heavy atom. The molecule has 3 amide bonds. The van der Waals surface area contributed by atoms with Crippen LogP contribution in [0.1, 0.15) is 31.2 Å². The molecule has 6 heteroatoms. The number of benzene rings is 1. The molecule has 2 aliphatic heterocycles. The summed E-state index contributed by atoms with van der Waals surface area (Å²) in [5.41, 5.74) is 0.983. The third-order valence-corrected chi connectivity index (χ3v) is 4.93. The predicted molar refractivity (Wildman–Crippen MR) is 89.1 cm³/mol. The van der Waals surface area contributed by atoms with Gasteiger partial charge in [0, 0.05) is 43.0 Å². The first-order valence-electron chi connectivity index (χ1n) is 8.19. The molecule has 0 saturated carbocycles. The zero-order chi connectivity index (χ0) is 16.2. The quantitative estimate of drug-likeness (QED) is 0.891. The van der Waals surface area contributed by atoms with Crippen LogP contribution in [-0.2, 0) is 11.3 Å². The van der Waals surface area contributed by atoms with Crippen molar-refractivity contribution in [2.75, 3.05) is 13.1 Å². The summed E-state index contributed by atoms with van der Waals surface area (Å²) in [4.78, 5) is 26.0. The van der Waals surface area contributed by atoms with Crippen LogP contribution in [0.3, 0.4) is 0 Å². The minimum atomic E-state index is -0.0472. The Balaban J connectivity index is 1.61. The van der Waals surface area contributed by atoms with Crippen molar-refractivity contribution < 1.29 is 9.59 Å². The highest BCUT2D eigenvalue weighted by Gasteiger charge is 2.36. The molecule has 0 aliphatic carbocycles. The number of halogens is 1. The number of carbonyl (C=O) groups is 2. The lowest BCUT2D eigenvalue weighted by atomic mass is 9.90. The van der Waals surface area contributed by atoms with E-state index in [0.29, 0.717) is 24.5 Å². The van der Waals surface area contributed by atoms with Crippen molar-refractivity contribution >= 4 is 23.5 Å². The van der Waals surface area contributed by atoms with Crippen LogP contribution in [0, 0.1) is 5.92 Å². The molecule has 3 rings (SSSR count). The lowest BCUT2D eigenvalue weighted by Gasteiger charge is -2.38. The van der Waals surface area contributed by atoms with Gasteiger partial charge in [0.2, 0.25) is 5.91 Å². The Hall–Kier alpha value is -1.75. The van der Waals surface area contributed by atoms with E-state index in [1.807, 2.05) is 29.2 Å². The molecule has 1 aromatic rings. The van der Waals surface area contributed by atoms with E-state index in [0.717, 1.165) is 31.4 Å². The Bertz CT molecular complexity index is 593. The van der Waals surface area contributed by atoms with Crippen molar-refractivity contribution in [2.24, 2.45) is 5.92 Å². The molecule has 0 radical (unpaired) electrons. The van der Waals surface area contributed by atoms with Gasteiger partial charge in [0.05, 0.1) is 0 Å². The molecule has 2 N–H and O–H groups in total. The number of piperidine rings is 1. The second-order valence-corrected chi connectivity index (χ2v) is 6.75. The van der Waals surface area contributed by atoms with Crippen molar-refractivity contribution in [3.8, 4) is 0 Å². The highest BCUT2D eigenvalue weighted by Crippen LogP contribution is 2.27. The minimum absolute atomic E-state index is 0.0472. The SMILES string of the molecule is O=C1C[C@H]([C@@H]2CCCCN2C(=O)NCc2cccc(Cl)c2)CN1. The van der Waals surface area contributed by atoms with Crippen LogP contribution in [0.5, 0.6) is 0 Å². The van der Waals surface area contributed by atoms with Gasteiger partial charge in [0.1, 0.15) is 0 Å². The van der Waals surface area contributed by atoms with Gasteiger partial charge in [-0.25, -0.2) is 4.79 Å². The molecule has 2 saturated heterocycles. The fourth-order valence-electron chi connectivity index (χ4n) is 3.53. The molecule has 2 fully saturated rings. The van der Waals surface area contributed by atoms with E-state index in [9.17, 15) is 9.59 Å². The second kappa shape index (κ2) is 7.21. The number of hydrogen-bond donors (Lipinski definition) is 2. The molecular weight excluding hydrogens is 314 g/mol. The zero-order valence-electron chi connectivity index (χ0n) is 13.1. The smallest absolute Gasteiger partial charge is 0.317 e. The molecule has 0 unspecified atom stereocenters. The number of hydrogen-bond acceptors (Lipinski definition) is 2. The van der Waals surface area contributed by atoms with Crippen LogP contribution in [0.2, 0.25) is 5.02 Å². The summed E-state index contributed by atoms with van der Waals surface area (Å²) in [6, 6.07) is 7.60. The number of likely N-dealkylation sites (tertiary alicyclic amines) is 1. The van der Waals surface area contributed by atoms with E-state index in [-0.39, 0.29) is 23.9 Å². The number of urea groups is 1. The maximum absolute atomic E-state index is 12.6. The number of nitrogens with zero attached hydrogens (tertiary/aromatic N) is 1. The second-order valence-electron chi connectivity index (χ2n) is 6.31. The lowest BCUT2D eigenvalue weighted by molar-refractivity contribution is -0.119. The predicted octanol–water partition coefficient (Wildman–Crippen LogP) is 2.54. The van der Waals surface area contributed by atoms with Gasteiger partial charge in [-0.15, -0.1) is 0 Å². The maximum Gasteiger partial charge on any atom is 0.317 e. The first kappa shape index (κ1) is 16.1. The van der Waals surface area contributed by atoms with Gasteiger partial charge in [-0.2, -0.15) is 0 Å². The average molecular weight is 336 g/mol. The molecule has 23 heavy (non-hydrogen) atoms. The summed E-state index contributed by atoms with van der Waals surface area (Å²) < 4.78 is 0. The maximum atomic E-state index is 12.6. The summed E-state index contributed by atoms with van der Waals surface area (Å²) >= 11 is 5.97. The van der Waals surface area contributed by atoms with Crippen LogP contribution >= 0.6 is 11.6 Å². The average Bonchev–Trinajstić information content (AvgIpc) is 2.99. The van der Waals surface area contributed by atoms with E-state index < -0.39 is 0 Å². The van der Waals surface area contributed by atoms with Crippen molar-refractivity contribution in [1.82, 2.24) is 15.5 Å². The van der Waals surface area contributed by atoms with Crippen LogP contribution in [-0.4, -0.2) is 36.0 Å². The third-order valence-electron chi connectivity index (χ3n) is 4.70. The largest absolute Gasteiger partial charge is 0.356 e. The van der Waals surface area contributed by atoms with Gasteiger partial charge in [-0.3, -0.25) is 4.79 Å². The van der Waals surface area contributed by atoms with E-state index in [4.69, 9.17) is 11.6 Å². The highest BCUT2D eigenvalue weighted by atomic mass is 35.5. The van der Waals surface area contributed by atoms with Gasteiger partial charge >= 0.3 is 6.03 Å². The van der Waals surface area contributed by atoms with Crippen molar-refractivity contribution in [2.45, 2.75) is 38.3 Å². The molecule has 2 aliphatic rings. The molecule has 2 atom stereocenters. The lowest BCUT2D eigenvalue weighted by Crippen LogP contribution is -2.51. The van der Waals surface area contributed by atoms with Gasteiger partial charge in [-0.1, -0.05) is 23.7 Å². The van der Waals surface area contributed by atoms with Gasteiger partial charge in [0.25, 0.3) is 0 Å². The number of amides is 3. The monoisotopic (exact) mass is 335 g/mol. The summed E-state index contributed by atoms with van der Waals surface area (Å²) in [5, 5.41) is 6.53. The molecule has 124 valence electrons. The topological polar surface area (TPSA) is 61.4 Å². The first-order chi connectivity index (χ1) is 11.1. The standard InChI is InChI=1S/C17H22ClN3O2/c18-14-5-3-4-12(8-14)10-20-17(23)21-7-2-1-6-15(21)13-9-16(22)19-11-13/h3-5,8,13,15H,1-2,6-7,9-11H2,(H,19,22)(H,20,23)/t13-,15-/m0/s1. The first-order valence-corrected chi connectivity index (χ1v) is 8.57. The molecule has 2 heterocycles. The number of rotatable bonds is 3. The molecular formula is C17H22ClN3O2. The Labute approximate surface area is 141 Å². The Kier molecular flexibility index (Phi) is 5.06. The van der Waals surface area contributed by atoms with Crippen LogP contribution in [0.4, 0.5) is 4.79 Å². The number of carbonyl (C=O) groups excluding carboxylic acids is 2. The summed E-state index contributed by atoms with van der Waals surface area (Å²) in [6.45, 7) is 1.91. The Morgan fingerprint density at radius 1 is 1.39 bits per heavy atom. The van der Waals surface area contributed by atoms with Gasteiger partial charge < -0.3 is 15.5 Å². The molecule has 0 aromatic heterocycles. The van der Waals surface area contributed by atoms with E-state index >= 15 is 0 Å². The number of nitrogens with one attached hydrogen (secondary N) is 2. The van der Waals surface area contributed by atoms with Gasteiger partial charge in [-0.05, 0) is 37.0 Å². The van der Waals surface area contributed by atoms with Crippen LogP contribution < -0.4 is 10.6 Å².